The van der Waals surface area contributed by atoms with E-state index in [1.807, 2.05) is 17.0 Å². The highest BCUT2D eigenvalue weighted by atomic mass is 16.5. The van der Waals surface area contributed by atoms with Crippen molar-refractivity contribution in [3.63, 3.8) is 0 Å². The number of amides is 2. The SMILES string of the molecule is CC(C)(CNC(=O)N1CC=C(c2ccc(O)cc2)CC1)N1CCOCC1. The molecule has 2 aliphatic heterocycles. The van der Waals surface area contributed by atoms with Crippen LogP contribution in [0.2, 0.25) is 0 Å². The topological polar surface area (TPSA) is 65.0 Å². The number of phenolic OH excluding ortho intramolecular Hbond substituents is 1. The highest BCUT2D eigenvalue weighted by Gasteiger charge is 2.29. The molecule has 0 bridgehead atoms. The van der Waals surface area contributed by atoms with Crippen LogP contribution in [0.15, 0.2) is 30.3 Å². The molecule has 2 N–H and O–H groups in total. The van der Waals surface area contributed by atoms with E-state index in [4.69, 9.17) is 4.74 Å². The number of morpholine rings is 1. The Bertz CT molecular complexity index is 649. The first-order chi connectivity index (χ1) is 12.5. The predicted octanol–water partition coefficient (Wildman–Crippen LogP) is 2.30. The largest absolute Gasteiger partial charge is 0.508 e. The highest BCUT2D eigenvalue weighted by Crippen LogP contribution is 2.24. The number of rotatable bonds is 4. The molecule has 3 rings (SSSR count). The van der Waals surface area contributed by atoms with Crippen LogP contribution in [0, 0.1) is 0 Å². The van der Waals surface area contributed by atoms with E-state index in [1.54, 1.807) is 12.1 Å². The van der Waals surface area contributed by atoms with E-state index in [0.717, 1.165) is 38.3 Å². The molecule has 6 nitrogen and oxygen atoms in total. The number of ether oxygens (including phenoxy) is 1. The third-order valence-corrected chi connectivity index (χ3v) is 5.27. The summed E-state index contributed by atoms with van der Waals surface area (Å²) < 4.78 is 5.41. The first kappa shape index (κ1) is 18.7. The van der Waals surface area contributed by atoms with Crippen LogP contribution in [0.25, 0.3) is 5.57 Å². The molecular formula is C20H29N3O3. The quantitative estimate of drug-likeness (QED) is 0.866. The molecule has 0 saturated carbocycles. The monoisotopic (exact) mass is 359 g/mol. The third kappa shape index (κ3) is 4.56. The van der Waals surface area contributed by atoms with Crippen LogP contribution in [-0.2, 0) is 4.74 Å². The van der Waals surface area contributed by atoms with Crippen LogP contribution in [0.5, 0.6) is 5.75 Å². The molecule has 1 aromatic rings. The number of urea groups is 1. The van der Waals surface area contributed by atoms with E-state index < -0.39 is 0 Å². The summed E-state index contributed by atoms with van der Waals surface area (Å²) in [5, 5.41) is 12.5. The van der Waals surface area contributed by atoms with E-state index in [1.165, 1.54) is 5.57 Å². The molecule has 1 saturated heterocycles. The maximum absolute atomic E-state index is 12.5. The van der Waals surface area contributed by atoms with E-state index >= 15 is 0 Å². The number of benzene rings is 1. The average Bonchev–Trinajstić information content (AvgIpc) is 2.68. The van der Waals surface area contributed by atoms with Crippen molar-refractivity contribution in [2.75, 3.05) is 45.9 Å². The average molecular weight is 359 g/mol. The lowest BCUT2D eigenvalue weighted by Gasteiger charge is -2.41. The molecule has 0 radical (unpaired) electrons. The highest BCUT2D eigenvalue weighted by molar-refractivity contribution is 5.76. The summed E-state index contributed by atoms with van der Waals surface area (Å²) in [6.45, 7) is 9.60. The van der Waals surface area contributed by atoms with Gasteiger partial charge in [-0.05, 0) is 43.5 Å². The molecule has 1 fully saturated rings. The van der Waals surface area contributed by atoms with Gasteiger partial charge in [0.05, 0.1) is 13.2 Å². The molecule has 0 aromatic heterocycles. The fourth-order valence-corrected chi connectivity index (χ4v) is 3.48. The second-order valence-electron chi connectivity index (χ2n) is 7.54. The number of carbonyl (C=O) groups is 1. The third-order valence-electron chi connectivity index (χ3n) is 5.27. The van der Waals surface area contributed by atoms with Gasteiger partial charge in [0.15, 0.2) is 0 Å². The van der Waals surface area contributed by atoms with Crippen molar-refractivity contribution in [1.29, 1.82) is 0 Å². The Morgan fingerprint density at radius 3 is 2.50 bits per heavy atom. The van der Waals surface area contributed by atoms with Crippen LogP contribution in [0.1, 0.15) is 25.8 Å². The zero-order valence-electron chi connectivity index (χ0n) is 15.7. The molecule has 0 aliphatic carbocycles. The summed E-state index contributed by atoms with van der Waals surface area (Å²) in [5.74, 6) is 0.272. The van der Waals surface area contributed by atoms with Gasteiger partial charge in [0.2, 0.25) is 0 Å². The smallest absolute Gasteiger partial charge is 0.317 e. The molecule has 142 valence electrons. The molecule has 2 heterocycles. The minimum Gasteiger partial charge on any atom is -0.508 e. The Morgan fingerprint density at radius 1 is 1.19 bits per heavy atom. The summed E-state index contributed by atoms with van der Waals surface area (Å²) in [6.07, 6.45) is 2.92. The second kappa shape index (κ2) is 8.10. The van der Waals surface area contributed by atoms with Crippen molar-refractivity contribution in [3.05, 3.63) is 35.9 Å². The lowest BCUT2D eigenvalue weighted by atomic mass is 9.99. The first-order valence-corrected chi connectivity index (χ1v) is 9.30. The zero-order valence-corrected chi connectivity index (χ0v) is 15.7. The van der Waals surface area contributed by atoms with Gasteiger partial charge in [-0.15, -0.1) is 0 Å². The van der Waals surface area contributed by atoms with Gasteiger partial charge >= 0.3 is 6.03 Å². The van der Waals surface area contributed by atoms with Gasteiger partial charge in [-0.2, -0.15) is 0 Å². The number of hydrogen-bond donors (Lipinski definition) is 2. The van der Waals surface area contributed by atoms with E-state index in [9.17, 15) is 9.90 Å². The maximum Gasteiger partial charge on any atom is 0.317 e. The molecule has 0 spiro atoms. The number of phenols is 1. The molecule has 1 aromatic carbocycles. The Kier molecular flexibility index (Phi) is 5.84. The minimum atomic E-state index is -0.0811. The minimum absolute atomic E-state index is 0.00709. The van der Waals surface area contributed by atoms with Crippen LogP contribution in [0.3, 0.4) is 0 Å². The lowest BCUT2D eigenvalue weighted by Crippen LogP contribution is -2.56. The lowest BCUT2D eigenvalue weighted by molar-refractivity contribution is -0.00902. The number of aromatic hydroxyl groups is 1. The van der Waals surface area contributed by atoms with Gasteiger partial charge < -0.3 is 20.1 Å². The van der Waals surface area contributed by atoms with Crippen molar-refractivity contribution in [1.82, 2.24) is 15.1 Å². The van der Waals surface area contributed by atoms with Crippen LogP contribution >= 0.6 is 0 Å². The number of nitrogens with one attached hydrogen (secondary N) is 1. The summed E-state index contributed by atoms with van der Waals surface area (Å²) >= 11 is 0. The van der Waals surface area contributed by atoms with Crippen molar-refractivity contribution >= 4 is 11.6 Å². The Morgan fingerprint density at radius 2 is 1.88 bits per heavy atom. The van der Waals surface area contributed by atoms with Crippen LogP contribution < -0.4 is 5.32 Å². The number of carbonyl (C=O) groups excluding carboxylic acids is 1. The molecule has 26 heavy (non-hydrogen) atoms. The summed E-state index contributed by atoms with van der Waals surface area (Å²) in [7, 11) is 0. The summed E-state index contributed by atoms with van der Waals surface area (Å²) in [4.78, 5) is 16.7. The van der Waals surface area contributed by atoms with Crippen molar-refractivity contribution in [3.8, 4) is 5.75 Å². The molecule has 0 atom stereocenters. The van der Waals surface area contributed by atoms with Gasteiger partial charge in [0.1, 0.15) is 5.75 Å². The fourth-order valence-electron chi connectivity index (χ4n) is 3.48. The standard InChI is InChI=1S/C20H29N3O3/c1-20(2,23-11-13-26-14-12-23)15-21-19(25)22-9-7-17(8-10-22)16-3-5-18(24)6-4-16/h3-7,24H,8-15H2,1-2H3,(H,21,25). The molecule has 6 heteroatoms. The van der Waals surface area contributed by atoms with Crippen molar-refractivity contribution in [2.24, 2.45) is 0 Å². The molecule has 0 unspecified atom stereocenters. The van der Waals surface area contributed by atoms with E-state index in [0.29, 0.717) is 19.6 Å². The Labute approximate surface area is 155 Å². The van der Waals surface area contributed by atoms with Crippen molar-refractivity contribution < 1.29 is 14.6 Å². The van der Waals surface area contributed by atoms with Gasteiger partial charge in [-0.25, -0.2) is 4.79 Å². The number of hydrogen-bond acceptors (Lipinski definition) is 4. The van der Waals surface area contributed by atoms with Gasteiger partial charge in [-0.1, -0.05) is 18.2 Å². The summed E-state index contributed by atoms with van der Waals surface area (Å²) in [5.41, 5.74) is 2.25. The second-order valence-corrected chi connectivity index (χ2v) is 7.54. The fraction of sp³-hybridized carbons (Fsp3) is 0.550. The van der Waals surface area contributed by atoms with Crippen LogP contribution in [0.4, 0.5) is 4.79 Å². The predicted molar refractivity (Wildman–Crippen MR) is 102 cm³/mol. The summed E-state index contributed by atoms with van der Waals surface area (Å²) in [6, 6.07) is 7.22. The van der Waals surface area contributed by atoms with Gasteiger partial charge in [0, 0.05) is 38.3 Å². The molecule has 2 amide bonds. The number of nitrogens with zero attached hydrogens (tertiary/aromatic N) is 2. The van der Waals surface area contributed by atoms with E-state index in [-0.39, 0.29) is 17.3 Å². The normalized spacial score (nSPS) is 19.2. The first-order valence-electron chi connectivity index (χ1n) is 9.30. The Balaban J connectivity index is 1.51. The molecule has 2 aliphatic rings. The maximum atomic E-state index is 12.5. The van der Waals surface area contributed by atoms with Gasteiger partial charge in [-0.3, -0.25) is 4.90 Å². The van der Waals surface area contributed by atoms with E-state index in [2.05, 4.69) is 30.1 Å². The van der Waals surface area contributed by atoms with Crippen molar-refractivity contribution in [2.45, 2.75) is 25.8 Å². The van der Waals surface area contributed by atoms with Crippen LogP contribution in [-0.4, -0.2) is 72.4 Å². The van der Waals surface area contributed by atoms with Gasteiger partial charge in [0.25, 0.3) is 0 Å². The zero-order chi connectivity index (χ0) is 18.6. The Hall–Kier alpha value is -2.05. The molecular weight excluding hydrogens is 330 g/mol.